The summed E-state index contributed by atoms with van der Waals surface area (Å²) < 4.78 is 0. The fourth-order valence-corrected chi connectivity index (χ4v) is 2.72. The zero-order valence-corrected chi connectivity index (χ0v) is 12.7. The van der Waals surface area contributed by atoms with Crippen molar-refractivity contribution in [1.29, 1.82) is 0 Å². The van der Waals surface area contributed by atoms with Crippen molar-refractivity contribution in [1.82, 2.24) is 10.2 Å². The van der Waals surface area contributed by atoms with E-state index in [0.717, 1.165) is 32.2 Å². The Morgan fingerprint density at radius 2 is 1.83 bits per heavy atom. The molecule has 2 atom stereocenters. The van der Waals surface area contributed by atoms with Crippen LogP contribution in [0, 0.1) is 11.8 Å². The molecule has 3 nitrogen and oxygen atoms in total. The standard InChI is InChI=1S/C15H30N2O/c1-6-12(7-2)10-17-14(9-11(4)5)16-13(8-3)15(17)18/h11-14,16H,6-10H2,1-5H3. The van der Waals surface area contributed by atoms with Crippen LogP contribution in [0.4, 0.5) is 0 Å². The summed E-state index contributed by atoms with van der Waals surface area (Å²) in [6.07, 6.45) is 4.52. The minimum atomic E-state index is 0.0445. The summed E-state index contributed by atoms with van der Waals surface area (Å²) in [4.78, 5) is 14.5. The summed E-state index contributed by atoms with van der Waals surface area (Å²) in [6.45, 7) is 11.9. The Labute approximate surface area is 112 Å². The predicted molar refractivity (Wildman–Crippen MR) is 76.2 cm³/mol. The van der Waals surface area contributed by atoms with Gasteiger partial charge in [-0.25, -0.2) is 0 Å². The summed E-state index contributed by atoms with van der Waals surface area (Å²) in [5, 5.41) is 3.50. The Kier molecular flexibility index (Phi) is 6.13. The van der Waals surface area contributed by atoms with E-state index < -0.39 is 0 Å². The van der Waals surface area contributed by atoms with E-state index in [1.165, 1.54) is 0 Å². The quantitative estimate of drug-likeness (QED) is 0.757. The van der Waals surface area contributed by atoms with Crippen molar-refractivity contribution in [3.8, 4) is 0 Å². The Balaban J connectivity index is 2.71. The molecule has 0 aromatic rings. The second-order valence-electron chi connectivity index (χ2n) is 5.95. The van der Waals surface area contributed by atoms with Crippen LogP contribution in [-0.4, -0.2) is 29.6 Å². The lowest BCUT2D eigenvalue weighted by Gasteiger charge is -2.29. The Morgan fingerprint density at radius 1 is 1.22 bits per heavy atom. The minimum absolute atomic E-state index is 0.0445. The zero-order valence-electron chi connectivity index (χ0n) is 12.7. The molecule has 0 aliphatic carbocycles. The van der Waals surface area contributed by atoms with Crippen molar-refractivity contribution in [3.05, 3.63) is 0 Å². The second kappa shape index (κ2) is 7.13. The van der Waals surface area contributed by atoms with Crippen LogP contribution in [0.25, 0.3) is 0 Å². The smallest absolute Gasteiger partial charge is 0.241 e. The highest BCUT2D eigenvalue weighted by Gasteiger charge is 2.38. The molecule has 0 spiro atoms. The van der Waals surface area contributed by atoms with Crippen LogP contribution in [0.2, 0.25) is 0 Å². The van der Waals surface area contributed by atoms with Crippen LogP contribution in [0.15, 0.2) is 0 Å². The van der Waals surface area contributed by atoms with Crippen LogP contribution in [-0.2, 0) is 4.79 Å². The molecule has 2 unspecified atom stereocenters. The molecule has 1 saturated heterocycles. The molecule has 1 rings (SSSR count). The Hall–Kier alpha value is -0.570. The summed E-state index contributed by atoms with van der Waals surface area (Å²) in [5.41, 5.74) is 0. The zero-order chi connectivity index (χ0) is 13.7. The summed E-state index contributed by atoms with van der Waals surface area (Å²) in [5.74, 6) is 1.58. The molecule has 0 bridgehead atoms. The lowest BCUT2D eigenvalue weighted by atomic mass is 10.0. The Morgan fingerprint density at radius 3 is 2.28 bits per heavy atom. The van der Waals surface area contributed by atoms with E-state index in [1.54, 1.807) is 0 Å². The highest BCUT2D eigenvalue weighted by Crippen LogP contribution is 2.22. The number of hydrogen-bond donors (Lipinski definition) is 1. The van der Waals surface area contributed by atoms with E-state index in [0.29, 0.717) is 17.7 Å². The largest absolute Gasteiger partial charge is 0.326 e. The van der Waals surface area contributed by atoms with Gasteiger partial charge in [0.05, 0.1) is 12.2 Å². The van der Waals surface area contributed by atoms with Gasteiger partial charge in [0.1, 0.15) is 0 Å². The van der Waals surface area contributed by atoms with Gasteiger partial charge in [0, 0.05) is 6.54 Å². The van der Waals surface area contributed by atoms with E-state index >= 15 is 0 Å². The number of amides is 1. The topological polar surface area (TPSA) is 32.3 Å². The van der Waals surface area contributed by atoms with E-state index in [1.807, 2.05) is 0 Å². The van der Waals surface area contributed by atoms with Gasteiger partial charge in [-0.2, -0.15) is 0 Å². The molecule has 1 amide bonds. The number of carbonyl (C=O) groups excluding carboxylic acids is 1. The van der Waals surface area contributed by atoms with Gasteiger partial charge in [-0.15, -0.1) is 0 Å². The lowest BCUT2D eigenvalue weighted by Crippen LogP contribution is -2.41. The van der Waals surface area contributed by atoms with Gasteiger partial charge in [0.25, 0.3) is 0 Å². The molecule has 1 fully saturated rings. The van der Waals surface area contributed by atoms with Gasteiger partial charge in [-0.3, -0.25) is 10.1 Å². The molecular weight excluding hydrogens is 224 g/mol. The van der Waals surface area contributed by atoms with Crippen molar-refractivity contribution in [3.63, 3.8) is 0 Å². The van der Waals surface area contributed by atoms with E-state index in [4.69, 9.17) is 0 Å². The summed E-state index contributed by atoms with van der Waals surface area (Å²) in [6, 6.07) is 0.0445. The molecule has 106 valence electrons. The highest BCUT2D eigenvalue weighted by atomic mass is 16.2. The molecule has 0 aromatic heterocycles. The summed E-state index contributed by atoms with van der Waals surface area (Å²) >= 11 is 0. The van der Waals surface area contributed by atoms with E-state index in [9.17, 15) is 4.79 Å². The van der Waals surface area contributed by atoms with Crippen molar-refractivity contribution >= 4 is 5.91 Å². The van der Waals surface area contributed by atoms with Crippen LogP contribution in [0.3, 0.4) is 0 Å². The first-order chi connectivity index (χ1) is 8.53. The molecule has 1 heterocycles. The van der Waals surface area contributed by atoms with Crippen molar-refractivity contribution in [2.24, 2.45) is 11.8 Å². The first-order valence-corrected chi connectivity index (χ1v) is 7.59. The van der Waals surface area contributed by atoms with Gasteiger partial charge < -0.3 is 4.90 Å². The van der Waals surface area contributed by atoms with E-state index in [2.05, 4.69) is 44.8 Å². The maximum Gasteiger partial charge on any atom is 0.241 e. The monoisotopic (exact) mass is 254 g/mol. The number of rotatable bonds is 7. The average Bonchev–Trinajstić information content (AvgIpc) is 2.62. The number of nitrogens with one attached hydrogen (secondary N) is 1. The molecule has 0 saturated carbocycles. The molecule has 0 radical (unpaired) electrons. The predicted octanol–water partition coefficient (Wildman–Crippen LogP) is 3.01. The molecule has 0 aromatic carbocycles. The fourth-order valence-electron chi connectivity index (χ4n) is 2.72. The highest BCUT2D eigenvalue weighted by molar-refractivity contribution is 5.84. The van der Waals surface area contributed by atoms with Crippen LogP contribution >= 0.6 is 0 Å². The first-order valence-electron chi connectivity index (χ1n) is 7.59. The Bertz CT molecular complexity index is 261. The number of hydrogen-bond acceptors (Lipinski definition) is 2. The van der Waals surface area contributed by atoms with Crippen molar-refractivity contribution in [2.45, 2.75) is 72.5 Å². The minimum Gasteiger partial charge on any atom is -0.326 e. The van der Waals surface area contributed by atoms with Crippen LogP contribution < -0.4 is 5.32 Å². The van der Waals surface area contributed by atoms with Crippen LogP contribution in [0.5, 0.6) is 0 Å². The maximum absolute atomic E-state index is 12.4. The molecule has 18 heavy (non-hydrogen) atoms. The number of carbonyl (C=O) groups is 1. The SMILES string of the molecule is CCC(CC)CN1C(=O)C(CC)NC1CC(C)C. The fraction of sp³-hybridized carbons (Fsp3) is 0.933. The molecule has 3 heteroatoms. The molecular formula is C15H30N2O. The lowest BCUT2D eigenvalue weighted by molar-refractivity contribution is -0.130. The van der Waals surface area contributed by atoms with Gasteiger partial charge in [-0.05, 0) is 24.7 Å². The van der Waals surface area contributed by atoms with E-state index in [-0.39, 0.29) is 12.2 Å². The second-order valence-corrected chi connectivity index (χ2v) is 5.95. The van der Waals surface area contributed by atoms with Gasteiger partial charge in [0.2, 0.25) is 5.91 Å². The normalized spacial score (nSPS) is 24.6. The van der Waals surface area contributed by atoms with Gasteiger partial charge >= 0.3 is 0 Å². The van der Waals surface area contributed by atoms with Gasteiger partial charge in [0.15, 0.2) is 0 Å². The first kappa shape index (κ1) is 15.5. The third kappa shape index (κ3) is 3.71. The third-order valence-corrected chi connectivity index (χ3v) is 4.06. The van der Waals surface area contributed by atoms with Crippen molar-refractivity contribution < 1.29 is 4.79 Å². The van der Waals surface area contributed by atoms with Crippen molar-refractivity contribution in [2.75, 3.05) is 6.54 Å². The third-order valence-electron chi connectivity index (χ3n) is 4.06. The molecule has 1 N–H and O–H groups in total. The number of nitrogens with zero attached hydrogens (tertiary/aromatic N) is 1. The van der Waals surface area contributed by atoms with Crippen LogP contribution in [0.1, 0.15) is 60.3 Å². The average molecular weight is 254 g/mol. The maximum atomic E-state index is 12.4. The summed E-state index contributed by atoms with van der Waals surface area (Å²) in [7, 11) is 0. The molecule has 1 aliphatic rings. The van der Waals surface area contributed by atoms with Gasteiger partial charge in [-0.1, -0.05) is 47.5 Å². The molecule has 1 aliphatic heterocycles.